The van der Waals surface area contributed by atoms with Gasteiger partial charge in [0.25, 0.3) is 0 Å². The number of carboxylic acids is 1. The number of aliphatic carboxylic acids is 1. The highest BCUT2D eigenvalue weighted by atomic mass is 16.4. The molecule has 12 nitrogen and oxygen atoms in total. The second-order valence-electron chi connectivity index (χ2n) is 13.0. The van der Waals surface area contributed by atoms with Crippen molar-refractivity contribution in [2.24, 2.45) is 35.1 Å². The van der Waals surface area contributed by atoms with Crippen LogP contribution in [0.15, 0.2) is 0 Å². The number of hydrogen-bond acceptors (Lipinski definition) is 7. The molecule has 0 aromatic rings. The summed E-state index contributed by atoms with van der Waals surface area (Å²) in [5.41, 5.74) is 11.7. The normalized spacial score (nSPS) is 15.2. The molecule has 0 spiro atoms. The Morgan fingerprint density at radius 3 is 1.31 bits per heavy atom. The predicted molar refractivity (Wildman–Crippen MR) is 164 cm³/mol. The van der Waals surface area contributed by atoms with Gasteiger partial charge in [0.05, 0.1) is 6.04 Å². The van der Waals surface area contributed by atoms with Crippen LogP contribution in [0.1, 0.15) is 100 Å². The Bertz CT molecular complexity index is 863. The predicted octanol–water partition coefficient (Wildman–Crippen LogP) is 1.65. The number of carboxylic acid groups (broad SMARTS) is 1. The summed E-state index contributed by atoms with van der Waals surface area (Å²) in [5, 5.41) is 20.4. The number of hydrogen-bond donors (Lipinski definition) is 7. The van der Waals surface area contributed by atoms with Crippen molar-refractivity contribution in [2.45, 2.75) is 131 Å². The third-order valence-electron chi connectivity index (χ3n) is 6.64. The summed E-state index contributed by atoms with van der Waals surface area (Å²) in [5.74, 6) is -2.95. The van der Waals surface area contributed by atoms with Crippen molar-refractivity contribution in [1.29, 1.82) is 0 Å². The fourth-order valence-corrected chi connectivity index (χ4v) is 4.57. The van der Waals surface area contributed by atoms with Crippen LogP contribution in [0.5, 0.6) is 0 Å². The van der Waals surface area contributed by atoms with E-state index in [9.17, 15) is 29.1 Å². The van der Waals surface area contributed by atoms with Gasteiger partial charge in [-0.25, -0.2) is 4.79 Å². The lowest BCUT2D eigenvalue weighted by Crippen LogP contribution is -2.58. The second kappa shape index (κ2) is 20.2. The third kappa shape index (κ3) is 16.6. The zero-order valence-corrected chi connectivity index (χ0v) is 27.0. The maximum atomic E-state index is 13.5. The standard InChI is InChI=1S/C30H58N6O6/c1-17(2)13-21(32)26(37)34-23(14-18(3)4)28(39)33-22(11-9-10-12-31)27(38)35-24(15-19(5)6)29(40)36-25(30(41)42)16-20(7)8/h17-25H,9-16,31-32H2,1-8H3,(H,33,39)(H,34,37)(H,35,38)(H,36,40)(H,41,42)/t21-,22-,23-,24-,25-/m0/s1. The molecule has 0 heterocycles. The van der Waals surface area contributed by atoms with Gasteiger partial charge in [0, 0.05) is 0 Å². The highest BCUT2D eigenvalue weighted by Crippen LogP contribution is 2.12. The molecule has 5 atom stereocenters. The average molecular weight is 599 g/mol. The van der Waals surface area contributed by atoms with E-state index in [-0.39, 0.29) is 42.9 Å². The molecular formula is C30H58N6O6. The SMILES string of the molecule is CC(C)C[C@H](NC(=O)[C@H](CC(C)C)NC(=O)[C@H](CCCCN)NC(=O)[C@H](CC(C)C)NC(=O)[C@@H](N)CC(C)C)C(=O)O. The summed E-state index contributed by atoms with van der Waals surface area (Å²) in [6, 6.07) is -4.75. The zero-order chi connectivity index (χ0) is 32.6. The van der Waals surface area contributed by atoms with E-state index in [1.54, 1.807) is 0 Å². The van der Waals surface area contributed by atoms with E-state index in [1.165, 1.54) is 0 Å². The smallest absolute Gasteiger partial charge is 0.326 e. The number of unbranched alkanes of at least 4 members (excludes halogenated alkanes) is 1. The van der Waals surface area contributed by atoms with Crippen LogP contribution in [0.25, 0.3) is 0 Å². The van der Waals surface area contributed by atoms with Gasteiger partial charge >= 0.3 is 5.97 Å². The van der Waals surface area contributed by atoms with Gasteiger partial charge in [0.15, 0.2) is 0 Å². The van der Waals surface area contributed by atoms with Crippen LogP contribution in [0.2, 0.25) is 0 Å². The van der Waals surface area contributed by atoms with Gasteiger partial charge in [-0.1, -0.05) is 55.4 Å². The third-order valence-corrected chi connectivity index (χ3v) is 6.64. The molecule has 0 aromatic carbocycles. The molecule has 4 amide bonds. The highest BCUT2D eigenvalue weighted by molar-refractivity contribution is 5.95. The van der Waals surface area contributed by atoms with Gasteiger partial charge in [-0.05, 0) is 75.2 Å². The fraction of sp³-hybridized carbons (Fsp3) is 0.833. The van der Waals surface area contributed by atoms with Gasteiger partial charge in [-0.3, -0.25) is 19.2 Å². The topological polar surface area (TPSA) is 206 Å². The second-order valence-corrected chi connectivity index (χ2v) is 13.0. The van der Waals surface area contributed by atoms with Gasteiger partial charge in [0.1, 0.15) is 24.2 Å². The summed E-state index contributed by atoms with van der Waals surface area (Å²) < 4.78 is 0. The summed E-state index contributed by atoms with van der Waals surface area (Å²) in [4.78, 5) is 64.5. The van der Waals surface area contributed by atoms with Crippen LogP contribution >= 0.6 is 0 Å². The van der Waals surface area contributed by atoms with Crippen molar-refractivity contribution in [3.8, 4) is 0 Å². The lowest BCUT2D eigenvalue weighted by atomic mass is 9.99. The summed E-state index contributed by atoms with van der Waals surface area (Å²) in [6.07, 6.45) is 2.76. The minimum absolute atomic E-state index is 0.0143. The number of amides is 4. The first-order valence-electron chi connectivity index (χ1n) is 15.4. The average Bonchev–Trinajstić information content (AvgIpc) is 2.85. The minimum atomic E-state index is -1.15. The van der Waals surface area contributed by atoms with Crippen molar-refractivity contribution in [3.63, 3.8) is 0 Å². The van der Waals surface area contributed by atoms with Gasteiger partial charge in [-0.15, -0.1) is 0 Å². The highest BCUT2D eigenvalue weighted by Gasteiger charge is 2.32. The molecule has 0 saturated carbocycles. The maximum Gasteiger partial charge on any atom is 0.326 e. The summed E-state index contributed by atoms with van der Waals surface area (Å²) in [7, 11) is 0. The summed E-state index contributed by atoms with van der Waals surface area (Å²) in [6.45, 7) is 15.7. The van der Waals surface area contributed by atoms with Crippen molar-refractivity contribution >= 4 is 29.6 Å². The monoisotopic (exact) mass is 598 g/mol. The molecule has 0 radical (unpaired) electrons. The maximum absolute atomic E-state index is 13.5. The van der Waals surface area contributed by atoms with E-state index in [4.69, 9.17) is 11.5 Å². The molecule has 0 aliphatic heterocycles. The van der Waals surface area contributed by atoms with Crippen LogP contribution in [-0.2, 0) is 24.0 Å². The molecule has 0 saturated heterocycles. The van der Waals surface area contributed by atoms with Crippen molar-refractivity contribution < 1.29 is 29.1 Å². The number of nitrogens with two attached hydrogens (primary N) is 2. The molecule has 0 aliphatic carbocycles. The van der Waals surface area contributed by atoms with E-state index in [1.807, 2.05) is 55.4 Å². The van der Waals surface area contributed by atoms with E-state index in [2.05, 4.69) is 21.3 Å². The molecule has 0 fully saturated rings. The first-order valence-corrected chi connectivity index (χ1v) is 15.4. The molecule has 244 valence electrons. The van der Waals surface area contributed by atoms with Crippen LogP contribution < -0.4 is 32.7 Å². The van der Waals surface area contributed by atoms with Crippen LogP contribution in [0.3, 0.4) is 0 Å². The van der Waals surface area contributed by atoms with Gasteiger partial charge < -0.3 is 37.8 Å². The Kier molecular flexibility index (Phi) is 18.9. The molecule has 0 aliphatic rings. The Morgan fingerprint density at radius 1 is 0.548 bits per heavy atom. The first-order chi connectivity index (χ1) is 19.5. The molecule has 0 bridgehead atoms. The zero-order valence-electron chi connectivity index (χ0n) is 27.0. The van der Waals surface area contributed by atoms with E-state index in [0.29, 0.717) is 32.2 Å². The lowest BCUT2D eigenvalue weighted by Gasteiger charge is -2.28. The van der Waals surface area contributed by atoms with Crippen LogP contribution in [0, 0.1) is 23.7 Å². The van der Waals surface area contributed by atoms with E-state index >= 15 is 0 Å². The van der Waals surface area contributed by atoms with Crippen LogP contribution in [-0.4, -0.2) is 71.5 Å². The van der Waals surface area contributed by atoms with Crippen molar-refractivity contribution in [3.05, 3.63) is 0 Å². The van der Waals surface area contributed by atoms with Crippen molar-refractivity contribution in [1.82, 2.24) is 21.3 Å². The number of nitrogens with one attached hydrogen (secondary N) is 4. The molecular weight excluding hydrogens is 540 g/mol. The minimum Gasteiger partial charge on any atom is -0.480 e. The first kappa shape index (κ1) is 39.3. The Morgan fingerprint density at radius 2 is 0.905 bits per heavy atom. The number of carbonyl (C=O) groups excluding carboxylic acids is 4. The van der Waals surface area contributed by atoms with Crippen molar-refractivity contribution in [2.75, 3.05) is 6.54 Å². The Balaban J connectivity index is 5.89. The van der Waals surface area contributed by atoms with E-state index in [0.717, 1.165) is 0 Å². The fourth-order valence-electron chi connectivity index (χ4n) is 4.57. The number of rotatable bonds is 21. The van der Waals surface area contributed by atoms with E-state index < -0.39 is 59.8 Å². The van der Waals surface area contributed by atoms with Gasteiger partial charge in [0.2, 0.25) is 23.6 Å². The Hall–Kier alpha value is -2.73. The lowest BCUT2D eigenvalue weighted by molar-refractivity contribution is -0.143. The number of carbonyl (C=O) groups is 5. The molecule has 12 heteroatoms. The largest absolute Gasteiger partial charge is 0.480 e. The van der Waals surface area contributed by atoms with Crippen LogP contribution in [0.4, 0.5) is 0 Å². The molecule has 0 aromatic heterocycles. The summed E-state index contributed by atoms with van der Waals surface area (Å²) >= 11 is 0. The Labute approximate surface area is 252 Å². The van der Waals surface area contributed by atoms with Gasteiger partial charge in [-0.2, -0.15) is 0 Å². The molecule has 42 heavy (non-hydrogen) atoms. The molecule has 0 unspecified atom stereocenters. The quantitative estimate of drug-likeness (QED) is 0.0965. The molecule has 0 rings (SSSR count). The molecule has 9 N–H and O–H groups in total.